The van der Waals surface area contributed by atoms with Crippen LogP contribution in [-0.4, -0.2) is 13.0 Å². The molecule has 4 nitrogen and oxygen atoms in total. The van der Waals surface area contributed by atoms with Gasteiger partial charge >= 0.3 is 10.1 Å². The predicted octanol–water partition coefficient (Wildman–Crippen LogP) is 7.68. The van der Waals surface area contributed by atoms with Crippen molar-refractivity contribution in [3.8, 4) is 0 Å². The van der Waals surface area contributed by atoms with Crippen LogP contribution < -0.4 is 4.72 Å². The summed E-state index contributed by atoms with van der Waals surface area (Å²) >= 11 is 0.260. The predicted molar refractivity (Wildman–Crippen MR) is 128 cm³/mol. The van der Waals surface area contributed by atoms with Crippen LogP contribution in [0, 0.1) is 29.2 Å². The summed E-state index contributed by atoms with van der Waals surface area (Å²) in [7, 11) is -5.45. The van der Waals surface area contributed by atoms with Gasteiger partial charge in [-0.2, -0.15) is 8.42 Å². The lowest BCUT2D eigenvalue weighted by molar-refractivity contribution is 0.384. The van der Waals surface area contributed by atoms with E-state index in [2.05, 4.69) is 11.6 Å². The molecule has 2 aromatic rings. The molecular formula is C24H33F4NO3S2. The summed E-state index contributed by atoms with van der Waals surface area (Å²) in [5, 5.41) is 0. The third-order valence-electron chi connectivity index (χ3n) is 5.13. The Morgan fingerprint density at radius 3 is 1.82 bits per heavy atom. The van der Waals surface area contributed by atoms with Crippen LogP contribution >= 0.6 is 11.9 Å². The Labute approximate surface area is 204 Å². The van der Waals surface area contributed by atoms with Crippen LogP contribution in [0.25, 0.3) is 0 Å². The van der Waals surface area contributed by atoms with E-state index in [0.717, 1.165) is 11.5 Å². The molecule has 10 heteroatoms. The zero-order valence-electron chi connectivity index (χ0n) is 19.7. The fraction of sp³-hybridized carbons (Fsp3) is 0.500. The van der Waals surface area contributed by atoms with E-state index in [-0.39, 0.29) is 18.5 Å². The number of rotatable bonds is 5. The standard InChI is InChI=1S/C13H9F4NO3S2.C9H18.C2H6/c14-8-10(16)13(23(19,20)21)11(17)9(15)12(8)22-18-6-7-4-2-1-3-5-7;1-9-7-5-3-2-4-6-8-9;1-2/h1-5,18H,6H2,(H,19,20,21);9H,2-8H2,1H3;1-2H3. The Balaban J connectivity index is 0.000000437. The molecule has 192 valence electrons. The first-order valence-corrected chi connectivity index (χ1v) is 13.7. The van der Waals surface area contributed by atoms with Gasteiger partial charge in [-0.25, -0.2) is 17.6 Å². The van der Waals surface area contributed by atoms with Crippen LogP contribution in [0.2, 0.25) is 0 Å². The highest BCUT2D eigenvalue weighted by molar-refractivity contribution is 7.97. The Morgan fingerprint density at radius 1 is 0.882 bits per heavy atom. The van der Waals surface area contributed by atoms with Gasteiger partial charge in [0.1, 0.15) is 4.90 Å². The van der Waals surface area contributed by atoms with E-state index in [9.17, 15) is 26.0 Å². The van der Waals surface area contributed by atoms with Crippen molar-refractivity contribution in [3.05, 3.63) is 59.2 Å². The van der Waals surface area contributed by atoms with Crippen LogP contribution in [-0.2, 0) is 16.7 Å². The molecular weight excluding hydrogens is 490 g/mol. The summed E-state index contributed by atoms with van der Waals surface area (Å²) in [4.78, 5) is -3.14. The zero-order chi connectivity index (χ0) is 25.7. The third kappa shape index (κ3) is 9.56. The maximum absolute atomic E-state index is 13.7. The van der Waals surface area contributed by atoms with Crippen LogP contribution in [0.3, 0.4) is 0 Å². The Morgan fingerprint density at radius 2 is 1.35 bits per heavy atom. The molecule has 1 saturated carbocycles. The molecule has 0 unspecified atom stereocenters. The molecule has 34 heavy (non-hydrogen) atoms. The molecule has 3 rings (SSSR count). The van der Waals surface area contributed by atoms with Crippen LogP contribution in [0.15, 0.2) is 40.1 Å². The highest BCUT2D eigenvalue weighted by atomic mass is 32.2. The lowest BCUT2D eigenvalue weighted by Crippen LogP contribution is -2.13. The molecule has 1 aliphatic carbocycles. The van der Waals surface area contributed by atoms with Gasteiger partial charge in [-0.3, -0.25) is 9.27 Å². The van der Waals surface area contributed by atoms with Crippen molar-refractivity contribution < 1.29 is 30.5 Å². The Bertz CT molecular complexity index is 952. The number of halogens is 4. The van der Waals surface area contributed by atoms with Crippen molar-refractivity contribution in [2.24, 2.45) is 5.92 Å². The quantitative estimate of drug-likeness (QED) is 0.182. The lowest BCUT2D eigenvalue weighted by atomic mass is 9.93. The van der Waals surface area contributed by atoms with Gasteiger partial charge in [0, 0.05) is 6.54 Å². The van der Waals surface area contributed by atoms with Gasteiger partial charge in [-0.15, -0.1) is 0 Å². The normalized spacial score (nSPS) is 14.7. The van der Waals surface area contributed by atoms with E-state index in [0.29, 0.717) is 0 Å². The second kappa shape index (κ2) is 15.4. The first-order valence-electron chi connectivity index (χ1n) is 11.4. The highest BCUT2D eigenvalue weighted by Gasteiger charge is 2.32. The van der Waals surface area contributed by atoms with Crippen LogP contribution in [0.5, 0.6) is 0 Å². The topological polar surface area (TPSA) is 66.4 Å². The van der Waals surface area contributed by atoms with Crippen molar-refractivity contribution in [2.45, 2.75) is 82.1 Å². The summed E-state index contributed by atoms with van der Waals surface area (Å²) in [6.07, 6.45) is 10.4. The van der Waals surface area contributed by atoms with Gasteiger partial charge in [-0.05, 0) is 23.4 Å². The maximum Gasteiger partial charge on any atom is 0.300 e. The van der Waals surface area contributed by atoms with Gasteiger partial charge in [0.05, 0.1) is 0 Å². The molecule has 0 spiro atoms. The van der Waals surface area contributed by atoms with Crippen molar-refractivity contribution in [1.82, 2.24) is 4.72 Å². The number of nitrogens with one attached hydrogen (secondary N) is 1. The van der Waals surface area contributed by atoms with E-state index in [1.807, 2.05) is 13.8 Å². The van der Waals surface area contributed by atoms with Gasteiger partial charge in [-0.1, -0.05) is 96.0 Å². The summed E-state index contributed by atoms with van der Waals surface area (Å²) in [5.41, 5.74) is 0.747. The average Bonchev–Trinajstić information content (AvgIpc) is 2.79. The van der Waals surface area contributed by atoms with Crippen LogP contribution in [0.4, 0.5) is 17.6 Å². The van der Waals surface area contributed by atoms with Crippen molar-refractivity contribution in [1.29, 1.82) is 0 Å². The smallest absolute Gasteiger partial charge is 0.282 e. The largest absolute Gasteiger partial charge is 0.300 e. The zero-order valence-corrected chi connectivity index (χ0v) is 21.3. The SMILES string of the molecule is CC.CC1CCCCCCC1.O=S(=O)(O)c1c(F)c(F)c(SNCc2ccccc2)c(F)c1F. The summed E-state index contributed by atoms with van der Waals surface area (Å²) in [5.74, 6) is -7.18. The first-order chi connectivity index (χ1) is 16.1. The number of hydrogen-bond donors (Lipinski definition) is 2. The monoisotopic (exact) mass is 523 g/mol. The summed E-state index contributed by atoms with van der Waals surface area (Å²) in [6, 6.07) is 8.63. The highest BCUT2D eigenvalue weighted by Crippen LogP contribution is 2.32. The molecule has 0 heterocycles. The molecule has 0 atom stereocenters. The third-order valence-corrected chi connectivity index (χ3v) is 6.85. The number of hydrogen-bond acceptors (Lipinski definition) is 4. The van der Waals surface area contributed by atoms with Crippen molar-refractivity contribution >= 4 is 22.1 Å². The van der Waals surface area contributed by atoms with Gasteiger partial charge in [0.25, 0.3) is 0 Å². The lowest BCUT2D eigenvalue weighted by Gasteiger charge is -2.13. The minimum absolute atomic E-state index is 0.133. The van der Waals surface area contributed by atoms with Crippen molar-refractivity contribution in [2.75, 3.05) is 0 Å². The summed E-state index contributed by atoms with van der Waals surface area (Å²) in [6.45, 7) is 6.53. The molecule has 1 aliphatic rings. The van der Waals surface area contributed by atoms with E-state index in [1.54, 1.807) is 30.3 Å². The number of benzene rings is 2. The molecule has 0 aliphatic heterocycles. The molecule has 0 amide bonds. The molecule has 2 N–H and O–H groups in total. The van der Waals surface area contributed by atoms with E-state index in [4.69, 9.17) is 4.55 Å². The van der Waals surface area contributed by atoms with Gasteiger partial charge in [0.15, 0.2) is 28.2 Å². The van der Waals surface area contributed by atoms with Gasteiger partial charge in [0.2, 0.25) is 0 Å². The van der Waals surface area contributed by atoms with Crippen molar-refractivity contribution in [3.63, 3.8) is 0 Å². The molecule has 0 saturated heterocycles. The fourth-order valence-electron chi connectivity index (χ4n) is 3.36. The maximum atomic E-state index is 13.7. The second-order valence-corrected chi connectivity index (χ2v) is 10.0. The Hall–Kier alpha value is -1.62. The Kier molecular flexibility index (Phi) is 13.8. The molecule has 2 aromatic carbocycles. The molecule has 0 radical (unpaired) electrons. The second-order valence-electron chi connectivity index (χ2n) is 7.75. The minimum atomic E-state index is -5.45. The minimum Gasteiger partial charge on any atom is -0.282 e. The van der Waals surface area contributed by atoms with Gasteiger partial charge < -0.3 is 0 Å². The average molecular weight is 524 g/mol. The van der Waals surface area contributed by atoms with Crippen LogP contribution in [0.1, 0.15) is 71.3 Å². The van der Waals surface area contributed by atoms with E-state index < -0.39 is 43.2 Å². The van der Waals surface area contributed by atoms with E-state index >= 15 is 0 Å². The first kappa shape index (κ1) is 30.4. The molecule has 0 aromatic heterocycles. The van der Waals surface area contributed by atoms with E-state index in [1.165, 1.54) is 44.9 Å². The molecule has 1 fully saturated rings. The molecule has 0 bridgehead atoms. The summed E-state index contributed by atoms with van der Waals surface area (Å²) < 4.78 is 87.4. The fourth-order valence-corrected chi connectivity index (χ4v) is 4.73.